The summed E-state index contributed by atoms with van der Waals surface area (Å²) in [6, 6.07) is 9.88. The number of fused-ring (bicyclic) bond motifs is 1. The molecular weight excluding hydrogens is 294 g/mol. The van der Waals surface area contributed by atoms with Crippen molar-refractivity contribution in [2.24, 2.45) is 0 Å². The van der Waals surface area contributed by atoms with E-state index in [0.29, 0.717) is 12.1 Å². The molecule has 0 saturated heterocycles. The Hall–Kier alpha value is -1.88. The van der Waals surface area contributed by atoms with Crippen molar-refractivity contribution in [1.82, 2.24) is 14.8 Å². The molecule has 18 heavy (non-hydrogen) atoms. The van der Waals surface area contributed by atoms with Gasteiger partial charge in [0, 0.05) is 16.1 Å². The van der Waals surface area contributed by atoms with Crippen LogP contribution in [0.1, 0.15) is 5.56 Å². The molecule has 5 heteroatoms. The summed E-state index contributed by atoms with van der Waals surface area (Å²) >= 11 is 3.45. The van der Waals surface area contributed by atoms with Crippen molar-refractivity contribution < 1.29 is 0 Å². The van der Waals surface area contributed by atoms with Gasteiger partial charge >= 0.3 is 0 Å². The summed E-state index contributed by atoms with van der Waals surface area (Å²) in [4.78, 5) is 12.2. The maximum Gasteiger partial charge on any atom is 0.276 e. The number of nitrogens with zero attached hydrogens (tertiary/aromatic N) is 2. The molecule has 0 aliphatic rings. The monoisotopic (exact) mass is 303 g/mol. The van der Waals surface area contributed by atoms with Crippen molar-refractivity contribution >= 4 is 26.8 Å². The lowest BCUT2D eigenvalue weighted by Gasteiger charge is -2.07. The zero-order valence-electron chi connectivity index (χ0n) is 9.43. The molecule has 0 aliphatic carbocycles. The number of nitrogens with one attached hydrogen (secondary N) is 1. The summed E-state index contributed by atoms with van der Waals surface area (Å²) in [6.07, 6.45) is 3.45. The third-order valence-corrected chi connectivity index (χ3v) is 3.47. The number of halogens is 1. The predicted molar refractivity (Wildman–Crippen MR) is 73.6 cm³/mol. The SMILES string of the molecule is O=c1c2[nH]ncc2c(Br)cn1Cc1ccccc1. The smallest absolute Gasteiger partial charge is 0.276 e. The van der Waals surface area contributed by atoms with E-state index >= 15 is 0 Å². The van der Waals surface area contributed by atoms with E-state index in [2.05, 4.69) is 26.1 Å². The highest BCUT2D eigenvalue weighted by molar-refractivity contribution is 9.10. The molecule has 0 fully saturated rings. The molecule has 0 radical (unpaired) electrons. The highest BCUT2D eigenvalue weighted by Gasteiger charge is 2.08. The molecule has 0 bridgehead atoms. The molecule has 90 valence electrons. The topological polar surface area (TPSA) is 50.7 Å². The van der Waals surface area contributed by atoms with Gasteiger partial charge in [0.2, 0.25) is 0 Å². The highest BCUT2D eigenvalue weighted by atomic mass is 79.9. The second-order valence-corrected chi connectivity index (χ2v) is 4.91. The van der Waals surface area contributed by atoms with Crippen LogP contribution in [0.25, 0.3) is 10.9 Å². The van der Waals surface area contributed by atoms with Gasteiger partial charge in [0.15, 0.2) is 0 Å². The van der Waals surface area contributed by atoms with Gasteiger partial charge in [0.05, 0.1) is 12.7 Å². The zero-order chi connectivity index (χ0) is 12.5. The van der Waals surface area contributed by atoms with Crippen molar-refractivity contribution in [1.29, 1.82) is 0 Å². The number of hydrogen-bond acceptors (Lipinski definition) is 2. The quantitative estimate of drug-likeness (QED) is 0.791. The van der Waals surface area contributed by atoms with E-state index < -0.39 is 0 Å². The minimum absolute atomic E-state index is 0.0606. The molecule has 0 saturated carbocycles. The zero-order valence-corrected chi connectivity index (χ0v) is 11.0. The fourth-order valence-corrected chi connectivity index (χ4v) is 2.48. The van der Waals surface area contributed by atoms with E-state index in [4.69, 9.17) is 0 Å². The van der Waals surface area contributed by atoms with Gasteiger partial charge in [-0.25, -0.2) is 0 Å². The van der Waals surface area contributed by atoms with Crippen molar-refractivity contribution in [3.05, 3.63) is 63.1 Å². The van der Waals surface area contributed by atoms with Crippen molar-refractivity contribution in [2.75, 3.05) is 0 Å². The standard InChI is InChI=1S/C13H10BrN3O/c14-11-8-17(7-9-4-2-1-3-5-9)13(18)12-10(11)6-15-16-12/h1-6,8H,7H2,(H,15,16). The molecule has 2 aromatic heterocycles. The van der Waals surface area contributed by atoms with Crippen molar-refractivity contribution in [3.63, 3.8) is 0 Å². The molecule has 0 unspecified atom stereocenters. The Labute approximate surface area is 111 Å². The van der Waals surface area contributed by atoms with Crippen LogP contribution >= 0.6 is 15.9 Å². The lowest BCUT2D eigenvalue weighted by Crippen LogP contribution is -2.20. The maximum absolute atomic E-state index is 12.2. The van der Waals surface area contributed by atoms with Gasteiger partial charge < -0.3 is 4.57 Å². The molecule has 1 aromatic carbocycles. The van der Waals surface area contributed by atoms with Gasteiger partial charge in [-0.2, -0.15) is 5.10 Å². The van der Waals surface area contributed by atoms with Gasteiger partial charge in [-0.05, 0) is 21.5 Å². The van der Waals surface area contributed by atoms with Crippen LogP contribution in [0.15, 0.2) is 52.0 Å². The summed E-state index contributed by atoms with van der Waals surface area (Å²) in [5.41, 5.74) is 1.56. The second-order valence-electron chi connectivity index (χ2n) is 4.05. The number of aromatic amines is 1. The van der Waals surface area contributed by atoms with E-state index in [9.17, 15) is 4.79 Å². The van der Waals surface area contributed by atoms with Crippen LogP contribution in [-0.4, -0.2) is 14.8 Å². The Kier molecular flexibility index (Phi) is 2.76. The minimum Gasteiger partial charge on any atom is -0.308 e. The van der Waals surface area contributed by atoms with Gasteiger partial charge in [0.1, 0.15) is 5.52 Å². The first kappa shape index (κ1) is 11.2. The molecule has 4 nitrogen and oxygen atoms in total. The number of rotatable bonds is 2. The molecule has 0 spiro atoms. The molecule has 0 aliphatic heterocycles. The molecule has 3 aromatic rings. The van der Waals surface area contributed by atoms with Gasteiger partial charge in [-0.3, -0.25) is 9.89 Å². The largest absolute Gasteiger partial charge is 0.308 e. The van der Waals surface area contributed by atoms with Crippen LogP contribution in [0, 0.1) is 0 Å². The number of pyridine rings is 1. The van der Waals surface area contributed by atoms with Crippen LogP contribution in [-0.2, 0) is 6.54 Å². The number of benzene rings is 1. The van der Waals surface area contributed by atoms with Crippen molar-refractivity contribution in [3.8, 4) is 0 Å². The Morgan fingerprint density at radius 2 is 2.06 bits per heavy atom. The van der Waals surface area contributed by atoms with E-state index in [-0.39, 0.29) is 5.56 Å². The maximum atomic E-state index is 12.2. The van der Waals surface area contributed by atoms with E-state index in [1.54, 1.807) is 17.0 Å². The van der Waals surface area contributed by atoms with E-state index in [1.807, 2.05) is 30.3 Å². The third-order valence-electron chi connectivity index (χ3n) is 2.84. The summed E-state index contributed by atoms with van der Waals surface area (Å²) in [5.74, 6) is 0. The third kappa shape index (κ3) is 1.86. The lowest BCUT2D eigenvalue weighted by molar-refractivity contribution is 0.763. The predicted octanol–water partition coefficient (Wildman–Crippen LogP) is 2.54. The average molecular weight is 304 g/mol. The van der Waals surface area contributed by atoms with Crippen LogP contribution < -0.4 is 5.56 Å². The normalized spacial score (nSPS) is 10.9. The van der Waals surface area contributed by atoms with Gasteiger partial charge in [0.25, 0.3) is 5.56 Å². The van der Waals surface area contributed by atoms with Crippen molar-refractivity contribution in [2.45, 2.75) is 6.54 Å². The summed E-state index contributed by atoms with van der Waals surface area (Å²) in [6.45, 7) is 0.549. The van der Waals surface area contributed by atoms with E-state index in [1.165, 1.54) is 0 Å². The molecular formula is C13H10BrN3O. The molecule has 3 rings (SSSR count). The van der Waals surface area contributed by atoms with Crippen LogP contribution in [0.4, 0.5) is 0 Å². The first-order chi connectivity index (χ1) is 8.75. The summed E-state index contributed by atoms with van der Waals surface area (Å²) in [7, 11) is 0. The first-order valence-corrected chi connectivity index (χ1v) is 6.31. The molecule has 0 atom stereocenters. The molecule has 1 N–H and O–H groups in total. The Morgan fingerprint density at radius 3 is 2.83 bits per heavy atom. The number of H-pyrrole nitrogens is 1. The lowest BCUT2D eigenvalue weighted by atomic mass is 10.2. The van der Waals surface area contributed by atoms with Crippen LogP contribution in [0.3, 0.4) is 0 Å². The number of hydrogen-bond donors (Lipinski definition) is 1. The summed E-state index contributed by atoms with van der Waals surface area (Å²) in [5, 5.41) is 7.45. The summed E-state index contributed by atoms with van der Waals surface area (Å²) < 4.78 is 2.53. The van der Waals surface area contributed by atoms with Gasteiger partial charge in [-0.15, -0.1) is 0 Å². The number of aromatic nitrogens is 3. The first-order valence-electron chi connectivity index (χ1n) is 5.51. The van der Waals surface area contributed by atoms with Crippen LogP contribution in [0.2, 0.25) is 0 Å². The Balaban J connectivity index is 2.13. The van der Waals surface area contributed by atoms with E-state index in [0.717, 1.165) is 15.4 Å². The second kappa shape index (κ2) is 4.42. The molecule has 2 heterocycles. The highest BCUT2D eigenvalue weighted by Crippen LogP contribution is 2.19. The van der Waals surface area contributed by atoms with Crippen LogP contribution in [0.5, 0.6) is 0 Å². The fourth-order valence-electron chi connectivity index (χ4n) is 1.94. The Morgan fingerprint density at radius 1 is 1.28 bits per heavy atom. The fraction of sp³-hybridized carbons (Fsp3) is 0.0769. The minimum atomic E-state index is -0.0606. The van der Waals surface area contributed by atoms with Gasteiger partial charge in [-0.1, -0.05) is 30.3 Å². The molecule has 0 amide bonds. The Bertz CT molecular complexity index is 746. The average Bonchev–Trinajstić information content (AvgIpc) is 2.87.